The Morgan fingerprint density at radius 1 is 1.50 bits per heavy atom. The van der Waals surface area contributed by atoms with Crippen LogP contribution in [0.2, 0.25) is 0 Å². The van der Waals surface area contributed by atoms with Gasteiger partial charge in [-0.3, -0.25) is 0 Å². The second-order valence-electron chi connectivity index (χ2n) is 4.17. The molecule has 0 aliphatic carbocycles. The zero-order valence-electron chi connectivity index (χ0n) is 8.80. The van der Waals surface area contributed by atoms with E-state index in [2.05, 4.69) is 48.1 Å². The first-order valence-electron chi connectivity index (χ1n) is 4.63. The Bertz CT molecular complexity index is 309. The maximum atomic E-state index is 5.24. The predicted octanol–water partition coefficient (Wildman–Crippen LogP) is 3.44. The van der Waals surface area contributed by atoms with Crippen LogP contribution in [-0.2, 0) is 0 Å². The molecule has 2 nitrogen and oxygen atoms in total. The lowest BCUT2D eigenvalue weighted by molar-refractivity contribution is 0.449. The highest BCUT2D eigenvalue weighted by Crippen LogP contribution is 2.18. The maximum Gasteiger partial charge on any atom is 0.140 e. The molecule has 0 aliphatic heterocycles. The van der Waals surface area contributed by atoms with E-state index in [1.165, 1.54) is 0 Å². The lowest BCUT2D eigenvalue weighted by atomic mass is 10.1. The van der Waals surface area contributed by atoms with Gasteiger partial charge in [0.25, 0.3) is 0 Å². The quantitative estimate of drug-likeness (QED) is 0.898. The molecule has 0 fully saturated rings. The first kappa shape index (κ1) is 11.5. The third-order valence-corrected chi connectivity index (χ3v) is 2.32. The average Bonchev–Trinajstić information content (AvgIpc) is 2.44. The Kier molecular flexibility index (Phi) is 3.96. The van der Waals surface area contributed by atoms with Crippen molar-refractivity contribution in [3.63, 3.8) is 0 Å². The summed E-state index contributed by atoms with van der Waals surface area (Å²) < 4.78 is 6.23. The molecular formula is C11H16BrNO. The van der Waals surface area contributed by atoms with E-state index >= 15 is 0 Å². The zero-order valence-corrected chi connectivity index (χ0v) is 10.4. The summed E-state index contributed by atoms with van der Waals surface area (Å²) in [5.41, 5.74) is 0.157. The Labute approximate surface area is 93.5 Å². The molecule has 0 aliphatic rings. The number of hydrogen-bond donors (Lipinski definition) is 1. The van der Waals surface area contributed by atoms with Gasteiger partial charge in [-0.2, -0.15) is 0 Å². The van der Waals surface area contributed by atoms with E-state index in [1.54, 1.807) is 6.26 Å². The highest BCUT2D eigenvalue weighted by molar-refractivity contribution is 9.10. The molecule has 14 heavy (non-hydrogen) atoms. The van der Waals surface area contributed by atoms with E-state index in [0.717, 1.165) is 16.8 Å². The van der Waals surface area contributed by atoms with Gasteiger partial charge in [0.05, 0.1) is 10.7 Å². The van der Waals surface area contributed by atoms with Crippen molar-refractivity contribution in [2.75, 3.05) is 6.54 Å². The van der Waals surface area contributed by atoms with E-state index in [-0.39, 0.29) is 5.54 Å². The third kappa shape index (κ3) is 4.11. The normalized spacial score (nSPS) is 12.6. The molecule has 1 aromatic heterocycles. The first-order chi connectivity index (χ1) is 6.49. The zero-order chi connectivity index (χ0) is 10.6. The fraction of sp³-hybridized carbons (Fsp3) is 0.455. The predicted molar refractivity (Wildman–Crippen MR) is 63.2 cm³/mol. The fourth-order valence-electron chi connectivity index (χ4n) is 0.955. The van der Waals surface area contributed by atoms with E-state index in [1.807, 2.05) is 12.1 Å². The van der Waals surface area contributed by atoms with Crippen LogP contribution in [0.3, 0.4) is 0 Å². The van der Waals surface area contributed by atoms with Crippen molar-refractivity contribution in [2.24, 2.45) is 0 Å². The number of hydrogen-bond acceptors (Lipinski definition) is 2. The number of furan rings is 1. The van der Waals surface area contributed by atoms with Crippen LogP contribution in [0, 0.1) is 0 Å². The van der Waals surface area contributed by atoms with Crippen molar-refractivity contribution < 1.29 is 4.42 Å². The van der Waals surface area contributed by atoms with Crippen molar-refractivity contribution in [1.29, 1.82) is 0 Å². The molecule has 0 bridgehead atoms. The molecule has 3 heteroatoms. The topological polar surface area (TPSA) is 25.2 Å². The van der Waals surface area contributed by atoms with Gasteiger partial charge < -0.3 is 9.73 Å². The summed E-state index contributed by atoms with van der Waals surface area (Å²) in [5, 5.41) is 3.36. The molecule has 0 radical (unpaired) electrons. The van der Waals surface area contributed by atoms with Crippen molar-refractivity contribution in [3.8, 4) is 0 Å². The van der Waals surface area contributed by atoms with Gasteiger partial charge in [-0.1, -0.05) is 6.08 Å². The molecule has 0 atom stereocenters. The van der Waals surface area contributed by atoms with Gasteiger partial charge in [0.15, 0.2) is 0 Å². The summed E-state index contributed by atoms with van der Waals surface area (Å²) in [6.07, 6.45) is 5.68. The van der Waals surface area contributed by atoms with Crippen molar-refractivity contribution in [3.05, 3.63) is 28.6 Å². The van der Waals surface area contributed by atoms with E-state index < -0.39 is 0 Å². The van der Waals surface area contributed by atoms with Crippen LogP contribution in [0.15, 0.2) is 27.3 Å². The molecule has 1 N–H and O–H groups in total. The molecule has 78 valence electrons. The minimum absolute atomic E-state index is 0.157. The lowest BCUT2D eigenvalue weighted by Gasteiger charge is -2.18. The first-order valence-corrected chi connectivity index (χ1v) is 5.43. The number of nitrogens with one attached hydrogen (secondary N) is 1. The van der Waals surface area contributed by atoms with Crippen LogP contribution < -0.4 is 5.32 Å². The van der Waals surface area contributed by atoms with Gasteiger partial charge in [-0.15, -0.1) is 0 Å². The van der Waals surface area contributed by atoms with E-state index in [4.69, 9.17) is 4.42 Å². The van der Waals surface area contributed by atoms with Gasteiger partial charge in [0.2, 0.25) is 0 Å². The monoisotopic (exact) mass is 257 g/mol. The molecule has 0 saturated carbocycles. The second kappa shape index (κ2) is 4.80. The van der Waals surface area contributed by atoms with Crippen molar-refractivity contribution in [1.82, 2.24) is 5.32 Å². The van der Waals surface area contributed by atoms with Gasteiger partial charge in [-0.25, -0.2) is 0 Å². The average molecular weight is 258 g/mol. The SMILES string of the molecule is CC(C)(C)NC/C=C/c1occc1Br. The van der Waals surface area contributed by atoms with Gasteiger partial charge >= 0.3 is 0 Å². The van der Waals surface area contributed by atoms with Crippen LogP contribution >= 0.6 is 15.9 Å². The standard InChI is InChI=1S/C11H16BrNO/c1-11(2,3)13-7-4-5-10-9(12)6-8-14-10/h4-6,8,13H,7H2,1-3H3/b5-4+. The smallest absolute Gasteiger partial charge is 0.140 e. The molecule has 0 unspecified atom stereocenters. The molecule has 0 spiro atoms. The minimum atomic E-state index is 0.157. The van der Waals surface area contributed by atoms with E-state index in [9.17, 15) is 0 Å². The lowest BCUT2D eigenvalue weighted by Crippen LogP contribution is -2.35. The molecule has 0 amide bonds. The Hall–Kier alpha value is -0.540. The molecule has 0 aromatic carbocycles. The Morgan fingerprint density at radius 3 is 2.71 bits per heavy atom. The highest BCUT2D eigenvalue weighted by Gasteiger charge is 2.05. The second-order valence-corrected chi connectivity index (χ2v) is 5.02. The van der Waals surface area contributed by atoms with Crippen molar-refractivity contribution in [2.45, 2.75) is 26.3 Å². The molecular weight excluding hydrogens is 242 g/mol. The molecule has 0 saturated heterocycles. The summed E-state index contributed by atoms with van der Waals surface area (Å²) in [4.78, 5) is 0. The van der Waals surface area contributed by atoms with Crippen molar-refractivity contribution >= 4 is 22.0 Å². The molecule has 1 rings (SSSR count). The summed E-state index contributed by atoms with van der Waals surface area (Å²) in [6.45, 7) is 7.27. The number of halogens is 1. The largest absolute Gasteiger partial charge is 0.464 e. The van der Waals surface area contributed by atoms with Crippen LogP contribution in [0.25, 0.3) is 6.08 Å². The van der Waals surface area contributed by atoms with Crippen LogP contribution in [-0.4, -0.2) is 12.1 Å². The van der Waals surface area contributed by atoms with Crippen LogP contribution in [0.5, 0.6) is 0 Å². The summed E-state index contributed by atoms with van der Waals surface area (Å²) in [5.74, 6) is 0.862. The third-order valence-electron chi connectivity index (χ3n) is 1.66. The molecule has 1 aromatic rings. The van der Waals surface area contributed by atoms with Crippen LogP contribution in [0.4, 0.5) is 0 Å². The number of rotatable bonds is 3. The van der Waals surface area contributed by atoms with E-state index in [0.29, 0.717) is 0 Å². The highest BCUT2D eigenvalue weighted by atomic mass is 79.9. The fourth-order valence-corrected chi connectivity index (χ4v) is 1.29. The van der Waals surface area contributed by atoms with Crippen LogP contribution in [0.1, 0.15) is 26.5 Å². The summed E-state index contributed by atoms with van der Waals surface area (Å²) in [7, 11) is 0. The van der Waals surface area contributed by atoms with Gasteiger partial charge in [0.1, 0.15) is 5.76 Å². The molecule has 1 heterocycles. The summed E-state index contributed by atoms with van der Waals surface area (Å²) in [6, 6.07) is 1.89. The van der Waals surface area contributed by atoms with Gasteiger partial charge in [0, 0.05) is 12.1 Å². The maximum absolute atomic E-state index is 5.24. The Morgan fingerprint density at radius 2 is 2.21 bits per heavy atom. The summed E-state index contributed by atoms with van der Waals surface area (Å²) >= 11 is 3.39. The Balaban J connectivity index is 2.39. The minimum Gasteiger partial charge on any atom is -0.464 e. The van der Waals surface area contributed by atoms with Gasteiger partial charge in [-0.05, 0) is 48.8 Å².